The van der Waals surface area contributed by atoms with Crippen LogP contribution in [0.25, 0.3) is 16.6 Å². The third-order valence-electron chi connectivity index (χ3n) is 10.6. The van der Waals surface area contributed by atoms with Crippen LogP contribution >= 0.6 is 0 Å². The number of nitriles is 1. The zero-order valence-electron chi connectivity index (χ0n) is 26.7. The maximum Gasteiger partial charge on any atom is 0.212 e. The van der Waals surface area contributed by atoms with Crippen molar-refractivity contribution in [3.05, 3.63) is 65.5 Å². The van der Waals surface area contributed by atoms with Crippen LogP contribution in [0.15, 0.2) is 42.9 Å². The van der Waals surface area contributed by atoms with E-state index in [-0.39, 0.29) is 11.9 Å². The fourth-order valence-corrected chi connectivity index (χ4v) is 8.32. The third kappa shape index (κ3) is 5.56. The first kappa shape index (κ1) is 30.1. The molecular weight excluding hydrogens is 599 g/mol. The molecule has 0 amide bonds. The van der Waals surface area contributed by atoms with E-state index in [0.29, 0.717) is 89.0 Å². The van der Waals surface area contributed by atoms with Crippen molar-refractivity contribution in [3.8, 4) is 28.8 Å². The second-order valence-corrected chi connectivity index (χ2v) is 13.6. The number of piperidine rings is 1. The average Bonchev–Trinajstić information content (AvgIpc) is 3.77. The van der Waals surface area contributed by atoms with Crippen molar-refractivity contribution in [1.29, 1.82) is 5.26 Å². The molecule has 244 valence electrons. The summed E-state index contributed by atoms with van der Waals surface area (Å²) in [4.78, 5) is 16.1. The van der Waals surface area contributed by atoms with Crippen LogP contribution < -0.4 is 14.4 Å². The minimum Gasteiger partial charge on any atom is -0.491 e. The first-order chi connectivity index (χ1) is 22.9. The molecule has 1 saturated carbocycles. The molecule has 0 aromatic carbocycles. The number of aryl methyl sites for hydroxylation is 1. The molecule has 0 radical (unpaired) electrons. The van der Waals surface area contributed by atoms with Gasteiger partial charge in [0.25, 0.3) is 0 Å². The first-order valence-electron chi connectivity index (χ1n) is 16.5. The number of pyridine rings is 3. The van der Waals surface area contributed by atoms with Crippen molar-refractivity contribution in [3.63, 3.8) is 0 Å². The molecule has 1 aliphatic carbocycles. The summed E-state index contributed by atoms with van der Waals surface area (Å²) in [6.07, 6.45) is 7.88. The Morgan fingerprint density at radius 1 is 1.04 bits per heavy atom. The summed E-state index contributed by atoms with van der Waals surface area (Å²) in [6.45, 7) is 7.37. The molecule has 4 aromatic heterocycles. The molecule has 1 N–H and O–H groups in total. The fraction of sp³-hybridized carbons (Fsp3) is 0.486. The number of methoxy groups -OCH3 is 1. The number of anilines is 1. The van der Waals surface area contributed by atoms with Crippen molar-refractivity contribution >= 4 is 11.3 Å². The highest BCUT2D eigenvalue weighted by molar-refractivity contribution is 5.86. The van der Waals surface area contributed by atoms with Gasteiger partial charge in [0.15, 0.2) is 11.6 Å². The van der Waals surface area contributed by atoms with Crippen molar-refractivity contribution in [2.24, 2.45) is 11.8 Å². The Hall–Kier alpha value is -4.31. The number of halogens is 1. The molecule has 8 heterocycles. The largest absolute Gasteiger partial charge is 0.491 e. The Kier molecular flexibility index (Phi) is 7.70. The SMILES string of the molecule is COc1ccc(CN2C3CC2CN(c2nc(C)c(-c4cc(OCCN5CC6CC(O)CC6C5)cn5ncc(C#N)c45)cc2F)C3)cn1. The smallest absolute Gasteiger partial charge is 0.212 e. The number of ether oxygens (including phenoxy) is 2. The van der Waals surface area contributed by atoms with Crippen LogP contribution in [0.5, 0.6) is 11.6 Å². The van der Waals surface area contributed by atoms with E-state index in [9.17, 15) is 10.4 Å². The van der Waals surface area contributed by atoms with Crippen LogP contribution in [0.2, 0.25) is 0 Å². The van der Waals surface area contributed by atoms with Crippen molar-refractivity contribution in [1.82, 2.24) is 29.4 Å². The summed E-state index contributed by atoms with van der Waals surface area (Å²) < 4.78 is 29.0. The summed E-state index contributed by atoms with van der Waals surface area (Å²) in [7, 11) is 1.61. The topological polar surface area (TPSA) is 115 Å². The van der Waals surface area contributed by atoms with Gasteiger partial charge in [-0.3, -0.25) is 9.80 Å². The normalized spacial score (nSPS) is 25.5. The van der Waals surface area contributed by atoms with Gasteiger partial charge in [0, 0.05) is 80.4 Å². The van der Waals surface area contributed by atoms with Crippen LogP contribution in [0.1, 0.15) is 36.1 Å². The van der Waals surface area contributed by atoms with E-state index in [1.54, 1.807) is 23.9 Å². The number of nitrogens with zero attached hydrogens (tertiary/aromatic N) is 8. The number of rotatable bonds is 9. The molecule has 5 fully saturated rings. The Morgan fingerprint density at radius 2 is 1.83 bits per heavy atom. The first-order valence-corrected chi connectivity index (χ1v) is 16.5. The van der Waals surface area contributed by atoms with Gasteiger partial charge in [-0.1, -0.05) is 6.07 Å². The molecular formula is C35H39FN8O3. The van der Waals surface area contributed by atoms with E-state index in [1.165, 1.54) is 6.20 Å². The molecule has 4 aliphatic heterocycles. The lowest BCUT2D eigenvalue weighted by atomic mass is 9.86. The zero-order valence-corrected chi connectivity index (χ0v) is 26.7. The molecule has 12 heteroatoms. The van der Waals surface area contributed by atoms with Crippen LogP contribution in [-0.4, -0.2) is 99.1 Å². The van der Waals surface area contributed by atoms with Gasteiger partial charge in [0.1, 0.15) is 18.4 Å². The van der Waals surface area contributed by atoms with Gasteiger partial charge < -0.3 is 19.5 Å². The monoisotopic (exact) mass is 638 g/mol. The average molecular weight is 639 g/mol. The van der Waals surface area contributed by atoms with Crippen molar-refractivity contribution in [2.75, 3.05) is 51.3 Å². The number of likely N-dealkylation sites (tertiary alicyclic amines) is 1. The number of fused-ring (bicyclic) bond motifs is 4. The second kappa shape index (κ2) is 12.0. The predicted octanol–water partition coefficient (Wildman–Crippen LogP) is 3.66. The molecule has 4 aromatic rings. The summed E-state index contributed by atoms with van der Waals surface area (Å²) >= 11 is 0. The van der Waals surface area contributed by atoms with Gasteiger partial charge in [0.05, 0.1) is 36.7 Å². The Labute approximate surface area is 273 Å². The van der Waals surface area contributed by atoms with Crippen LogP contribution in [0.3, 0.4) is 0 Å². The number of piperazine rings is 1. The molecule has 47 heavy (non-hydrogen) atoms. The molecule has 4 saturated heterocycles. The van der Waals surface area contributed by atoms with E-state index in [1.807, 2.05) is 31.3 Å². The minimum atomic E-state index is -0.384. The summed E-state index contributed by atoms with van der Waals surface area (Å²) in [5, 5.41) is 24.2. The molecule has 0 spiro atoms. The molecule has 11 nitrogen and oxygen atoms in total. The molecule has 9 rings (SSSR count). The van der Waals surface area contributed by atoms with E-state index in [4.69, 9.17) is 14.5 Å². The molecule has 4 unspecified atom stereocenters. The Morgan fingerprint density at radius 3 is 2.53 bits per heavy atom. The third-order valence-corrected chi connectivity index (χ3v) is 10.6. The number of aliphatic hydroxyl groups excluding tert-OH is 1. The lowest BCUT2D eigenvalue weighted by Crippen LogP contribution is -2.68. The lowest BCUT2D eigenvalue weighted by Gasteiger charge is -2.56. The van der Waals surface area contributed by atoms with Gasteiger partial charge in [-0.05, 0) is 55.7 Å². The van der Waals surface area contributed by atoms with Crippen LogP contribution in [0, 0.1) is 35.9 Å². The van der Waals surface area contributed by atoms with E-state index >= 15 is 4.39 Å². The van der Waals surface area contributed by atoms with Crippen LogP contribution in [-0.2, 0) is 6.54 Å². The van der Waals surface area contributed by atoms with Gasteiger partial charge in [-0.25, -0.2) is 18.9 Å². The Balaban J connectivity index is 0.990. The predicted molar refractivity (Wildman–Crippen MR) is 173 cm³/mol. The number of aliphatic hydroxyl groups is 1. The minimum absolute atomic E-state index is 0.151. The second-order valence-electron chi connectivity index (χ2n) is 13.6. The lowest BCUT2D eigenvalue weighted by molar-refractivity contribution is -0.00899. The van der Waals surface area contributed by atoms with Gasteiger partial charge >= 0.3 is 0 Å². The number of aromatic nitrogens is 4. The van der Waals surface area contributed by atoms with Crippen molar-refractivity contribution < 1.29 is 19.0 Å². The molecule has 4 atom stereocenters. The van der Waals surface area contributed by atoms with Crippen LogP contribution in [0.4, 0.5) is 10.2 Å². The fourth-order valence-electron chi connectivity index (χ4n) is 8.32. The quantitative estimate of drug-likeness (QED) is 0.291. The summed E-state index contributed by atoms with van der Waals surface area (Å²) in [5.41, 5.74) is 4.09. The maximum absolute atomic E-state index is 16.0. The maximum atomic E-state index is 16.0. The van der Waals surface area contributed by atoms with E-state index in [0.717, 1.165) is 51.0 Å². The highest BCUT2D eigenvalue weighted by Gasteiger charge is 2.45. The standard InChI is InChI=1S/C35H39FN8O3/c1-21-30(11-32(36)35(40-21)42-18-26-9-27(19-42)43(26)15-22-3-4-33(46-2)38-13-22)31-10-29(20-44-34(31)25(12-37)14-39-44)47-6-5-41-16-23-7-28(45)8-24(23)17-41/h3-4,10-11,13-14,20,23-24,26-28,45H,5-9,15-19H2,1-2H3. The van der Waals surface area contributed by atoms with E-state index < -0.39 is 0 Å². The zero-order chi connectivity index (χ0) is 32.2. The van der Waals surface area contributed by atoms with Gasteiger partial charge in [0.2, 0.25) is 5.88 Å². The summed E-state index contributed by atoms with van der Waals surface area (Å²) in [5.74, 6) is 2.32. The summed E-state index contributed by atoms with van der Waals surface area (Å²) in [6, 6.07) is 10.2. The van der Waals surface area contributed by atoms with Gasteiger partial charge in [-0.15, -0.1) is 0 Å². The molecule has 5 aliphatic rings. The van der Waals surface area contributed by atoms with E-state index in [2.05, 4.69) is 30.9 Å². The number of hydrogen-bond acceptors (Lipinski definition) is 10. The highest BCUT2D eigenvalue weighted by atomic mass is 19.1. The Bertz CT molecular complexity index is 1820. The van der Waals surface area contributed by atoms with Gasteiger partial charge in [-0.2, -0.15) is 10.4 Å². The molecule has 2 bridgehead atoms. The number of hydrogen-bond donors (Lipinski definition) is 1. The highest BCUT2D eigenvalue weighted by Crippen LogP contribution is 2.40. The van der Waals surface area contributed by atoms with Crippen molar-refractivity contribution in [2.45, 2.75) is 50.9 Å².